The van der Waals surface area contributed by atoms with Crippen molar-refractivity contribution in [1.82, 2.24) is 0 Å². The average molecular weight is 348 g/mol. The second-order valence-electron chi connectivity index (χ2n) is 6.12. The summed E-state index contributed by atoms with van der Waals surface area (Å²) in [5, 5.41) is 9.45. The molecule has 0 saturated heterocycles. The molecule has 2 nitrogen and oxygen atoms in total. The van der Waals surface area contributed by atoms with Gasteiger partial charge in [0.1, 0.15) is 11.4 Å². The van der Waals surface area contributed by atoms with Gasteiger partial charge in [0.2, 0.25) is 0 Å². The van der Waals surface area contributed by atoms with Gasteiger partial charge in [-0.3, -0.25) is 0 Å². The molecule has 3 aromatic rings. The van der Waals surface area contributed by atoms with Crippen LogP contribution in [0.15, 0.2) is 78.9 Å². The lowest BCUT2D eigenvalue weighted by atomic mass is 9.88. The highest BCUT2D eigenvalue weighted by Gasteiger charge is 2.30. The highest BCUT2D eigenvalue weighted by Crippen LogP contribution is 2.35. The Balaban J connectivity index is 1.98. The molecule has 0 aliphatic carbocycles. The van der Waals surface area contributed by atoms with E-state index in [9.17, 15) is 0 Å². The fourth-order valence-corrected chi connectivity index (χ4v) is 3.09. The summed E-state index contributed by atoms with van der Waals surface area (Å²) in [5.74, 6) is 0.572. The summed E-state index contributed by atoms with van der Waals surface area (Å²) in [4.78, 5) is 0. The van der Waals surface area contributed by atoms with Gasteiger partial charge in [-0.25, -0.2) is 0 Å². The second kappa shape index (κ2) is 7.42. The van der Waals surface area contributed by atoms with Crippen LogP contribution in [0.2, 0.25) is 5.02 Å². The van der Waals surface area contributed by atoms with Gasteiger partial charge in [0.25, 0.3) is 0 Å². The van der Waals surface area contributed by atoms with Gasteiger partial charge < -0.3 is 4.74 Å². The van der Waals surface area contributed by atoms with Gasteiger partial charge in [-0.15, -0.1) is 0 Å². The minimum Gasteiger partial charge on any atom is -0.481 e. The minimum absolute atomic E-state index is 0.439. The first kappa shape index (κ1) is 17.1. The molecule has 0 N–H and O–H groups in total. The third-order valence-corrected chi connectivity index (χ3v) is 4.46. The highest BCUT2D eigenvalue weighted by atomic mass is 35.5. The van der Waals surface area contributed by atoms with Crippen molar-refractivity contribution < 1.29 is 4.74 Å². The van der Waals surface area contributed by atoms with Crippen LogP contribution in [0.3, 0.4) is 0 Å². The van der Waals surface area contributed by atoms with E-state index in [4.69, 9.17) is 21.6 Å². The topological polar surface area (TPSA) is 33.0 Å². The number of benzene rings is 3. The molecule has 0 bridgehead atoms. The van der Waals surface area contributed by atoms with E-state index in [0.717, 1.165) is 5.56 Å². The lowest BCUT2D eigenvalue weighted by Crippen LogP contribution is -2.32. The van der Waals surface area contributed by atoms with Gasteiger partial charge in [0.15, 0.2) is 0 Å². The molecular formula is C22H18ClNO. The Morgan fingerprint density at radius 2 is 1.60 bits per heavy atom. The normalized spacial score (nSPS) is 12.8. The number of halogens is 1. The van der Waals surface area contributed by atoms with Gasteiger partial charge in [-0.2, -0.15) is 5.26 Å². The van der Waals surface area contributed by atoms with E-state index in [1.807, 2.05) is 36.4 Å². The van der Waals surface area contributed by atoms with Gasteiger partial charge in [0, 0.05) is 6.42 Å². The monoisotopic (exact) mass is 347 g/mol. The minimum atomic E-state index is -0.583. The maximum atomic E-state index is 9.01. The summed E-state index contributed by atoms with van der Waals surface area (Å²) in [5.41, 5.74) is 2.18. The molecule has 25 heavy (non-hydrogen) atoms. The van der Waals surface area contributed by atoms with Crippen molar-refractivity contribution in [2.75, 3.05) is 0 Å². The highest BCUT2D eigenvalue weighted by molar-refractivity contribution is 6.32. The van der Waals surface area contributed by atoms with E-state index < -0.39 is 5.60 Å². The van der Waals surface area contributed by atoms with Crippen LogP contribution >= 0.6 is 11.6 Å². The zero-order chi connectivity index (χ0) is 17.7. The van der Waals surface area contributed by atoms with Crippen molar-refractivity contribution in [2.45, 2.75) is 18.9 Å². The van der Waals surface area contributed by atoms with Crippen molar-refractivity contribution in [3.8, 4) is 11.8 Å². The zero-order valence-electron chi connectivity index (χ0n) is 13.9. The molecule has 3 heteroatoms. The molecule has 3 rings (SSSR count). The van der Waals surface area contributed by atoms with Crippen LogP contribution in [-0.4, -0.2) is 0 Å². The predicted octanol–water partition coefficient (Wildman–Crippen LogP) is 5.75. The van der Waals surface area contributed by atoms with E-state index in [2.05, 4.69) is 37.3 Å². The van der Waals surface area contributed by atoms with E-state index in [1.165, 1.54) is 5.56 Å². The van der Waals surface area contributed by atoms with Crippen molar-refractivity contribution >= 4 is 11.6 Å². The average Bonchev–Trinajstić information content (AvgIpc) is 2.65. The summed E-state index contributed by atoms with van der Waals surface area (Å²) >= 11 is 6.33. The number of hydrogen-bond acceptors (Lipinski definition) is 2. The van der Waals surface area contributed by atoms with Crippen molar-refractivity contribution in [2.24, 2.45) is 0 Å². The molecule has 124 valence electrons. The molecule has 0 amide bonds. The Labute approximate surface area is 153 Å². The van der Waals surface area contributed by atoms with Gasteiger partial charge >= 0.3 is 0 Å². The summed E-state index contributed by atoms with van der Waals surface area (Å²) in [7, 11) is 0. The maximum absolute atomic E-state index is 9.01. The van der Waals surface area contributed by atoms with Crippen LogP contribution in [0.25, 0.3) is 0 Å². The number of hydrogen-bond donors (Lipinski definition) is 0. The number of rotatable bonds is 5. The van der Waals surface area contributed by atoms with Crippen LogP contribution in [-0.2, 0) is 12.0 Å². The lowest BCUT2D eigenvalue weighted by Gasteiger charge is -2.32. The quantitative estimate of drug-likeness (QED) is 0.588. The Morgan fingerprint density at radius 1 is 0.960 bits per heavy atom. The summed E-state index contributed by atoms with van der Waals surface area (Å²) in [6, 6.07) is 27.5. The molecule has 0 saturated carbocycles. The third-order valence-electron chi connectivity index (χ3n) is 4.16. The Morgan fingerprint density at radius 3 is 2.20 bits per heavy atom. The van der Waals surface area contributed by atoms with Crippen molar-refractivity contribution in [3.05, 3.63) is 101 Å². The summed E-state index contributed by atoms with van der Waals surface area (Å²) < 4.78 is 6.38. The largest absolute Gasteiger partial charge is 0.481 e. The summed E-state index contributed by atoms with van der Waals surface area (Å²) in [6.45, 7) is 2.06. The third kappa shape index (κ3) is 4.02. The molecule has 0 fully saturated rings. The Kier molecular flexibility index (Phi) is 5.07. The Hall–Kier alpha value is -2.76. The number of ether oxygens (including phenoxy) is 1. The molecule has 0 aromatic heterocycles. The standard InChI is InChI=1S/C22H18ClNO/c1-22(19-10-6-3-7-11-19,15-17-8-4-2-5-9-17)25-21-13-12-18(16-24)14-20(21)23/h2-14H,15H2,1H3. The van der Waals surface area contributed by atoms with E-state index >= 15 is 0 Å². The van der Waals surface area contributed by atoms with Crippen LogP contribution in [0, 0.1) is 11.3 Å². The van der Waals surface area contributed by atoms with Crippen LogP contribution in [0.4, 0.5) is 0 Å². The molecule has 1 atom stereocenters. The molecule has 0 aliphatic heterocycles. The first-order chi connectivity index (χ1) is 12.1. The predicted molar refractivity (Wildman–Crippen MR) is 101 cm³/mol. The van der Waals surface area contributed by atoms with E-state index in [-0.39, 0.29) is 0 Å². The fourth-order valence-electron chi connectivity index (χ4n) is 2.87. The molecule has 0 radical (unpaired) electrons. The van der Waals surface area contributed by atoms with E-state index in [1.54, 1.807) is 18.2 Å². The lowest BCUT2D eigenvalue weighted by molar-refractivity contribution is 0.0874. The molecule has 1 unspecified atom stereocenters. The first-order valence-electron chi connectivity index (χ1n) is 8.09. The number of nitriles is 1. The molecule has 0 aliphatic rings. The van der Waals surface area contributed by atoms with Crippen molar-refractivity contribution in [1.29, 1.82) is 5.26 Å². The van der Waals surface area contributed by atoms with E-state index in [0.29, 0.717) is 22.8 Å². The van der Waals surface area contributed by atoms with Crippen molar-refractivity contribution in [3.63, 3.8) is 0 Å². The molecular weight excluding hydrogens is 330 g/mol. The Bertz CT molecular complexity index is 887. The number of nitrogens with zero attached hydrogens (tertiary/aromatic N) is 1. The first-order valence-corrected chi connectivity index (χ1v) is 8.47. The zero-order valence-corrected chi connectivity index (χ0v) is 14.7. The maximum Gasteiger partial charge on any atom is 0.139 e. The molecule has 0 spiro atoms. The van der Waals surface area contributed by atoms with Crippen LogP contribution in [0.1, 0.15) is 23.6 Å². The second-order valence-corrected chi connectivity index (χ2v) is 6.53. The SMILES string of the molecule is CC(Cc1ccccc1)(Oc1ccc(C#N)cc1Cl)c1ccccc1. The van der Waals surface area contributed by atoms with Gasteiger partial charge in [-0.1, -0.05) is 72.3 Å². The molecule has 3 aromatic carbocycles. The van der Waals surface area contributed by atoms with Crippen LogP contribution in [0.5, 0.6) is 5.75 Å². The summed E-state index contributed by atoms with van der Waals surface area (Å²) in [6.07, 6.45) is 0.703. The smallest absolute Gasteiger partial charge is 0.139 e. The van der Waals surface area contributed by atoms with Crippen LogP contribution < -0.4 is 4.74 Å². The van der Waals surface area contributed by atoms with Gasteiger partial charge in [0.05, 0.1) is 16.7 Å². The molecule has 0 heterocycles. The van der Waals surface area contributed by atoms with Gasteiger partial charge in [-0.05, 0) is 36.2 Å². The fraction of sp³-hybridized carbons (Fsp3) is 0.136.